The molecule has 1 nitrogen and oxygen atoms in total. The van der Waals surface area contributed by atoms with E-state index in [4.69, 9.17) is 5.73 Å². The van der Waals surface area contributed by atoms with Crippen molar-refractivity contribution in [3.05, 3.63) is 35.4 Å². The fraction of sp³-hybridized carbons (Fsp3) is 0.500. The third kappa shape index (κ3) is 0.969. The molecule has 0 aromatic heterocycles. The van der Waals surface area contributed by atoms with Gasteiger partial charge in [-0.1, -0.05) is 24.3 Å². The summed E-state index contributed by atoms with van der Waals surface area (Å²) in [6.45, 7) is 0.879. The van der Waals surface area contributed by atoms with Crippen LogP contribution in [0.2, 0.25) is 0 Å². The van der Waals surface area contributed by atoms with Gasteiger partial charge >= 0.3 is 0 Å². The Morgan fingerprint density at radius 3 is 3.00 bits per heavy atom. The molecule has 0 radical (unpaired) electrons. The number of benzene rings is 1. The molecule has 3 rings (SSSR count). The smallest absolute Gasteiger partial charge is 0.00400 e. The Bertz CT molecular complexity index is 328. The van der Waals surface area contributed by atoms with Gasteiger partial charge in [0.2, 0.25) is 0 Å². The van der Waals surface area contributed by atoms with Gasteiger partial charge < -0.3 is 5.73 Å². The molecule has 0 aliphatic heterocycles. The third-order valence-electron chi connectivity index (χ3n) is 3.76. The van der Waals surface area contributed by atoms with Crippen molar-refractivity contribution in [2.24, 2.45) is 17.6 Å². The van der Waals surface area contributed by atoms with Crippen LogP contribution < -0.4 is 5.73 Å². The van der Waals surface area contributed by atoms with E-state index in [0.29, 0.717) is 0 Å². The maximum absolute atomic E-state index is 5.75. The Labute approximate surface area is 78.9 Å². The third-order valence-corrected chi connectivity index (χ3v) is 3.76. The molecule has 1 saturated carbocycles. The van der Waals surface area contributed by atoms with E-state index in [1.54, 1.807) is 11.1 Å². The largest absolute Gasteiger partial charge is 0.330 e. The number of hydrogen-bond donors (Lipinski definition) is 1. The van der Waals surface area contributed by atoms with Crippen LogP contribution >= 0.6 is 0 Å². The molecule has 2 aliphatic carbocycles. The predicted octanol–water partition coefficient (Wildman–Crippen LogP) is 1.92. The van der Waals surface area contributed by atoms with Gasteiger partial charge in [-0.2, -0.15) is 0 Å². The Morgan fingerprint density at radius 1 is 1.31 bits per heavy atom. The highest BCUT2D eigenvalue weighted by atomic mass is 14.7. The Balaban J connectivity index is 2.00. The lowest BCUT2D eigenvalue weighted by Gasteiger charge is -2.13. The molecule has 1 heteroatoms. The Morgan fingerprint density at radius 2 is 2.15 bits per heavy atom. The predicted molar refractivity (Wildman–Crippen MR) is 53.5 cm³/mol. The molecular weight excluding hydrogens is 158 g/mol. The molecule has 68 valence electrons. The number of hydrogen-bond acceptors (Lipinski definition) is 1. The van der Waals surface area contributed by atoms with Gasteiger partial charge in [-0.25, -0.2) is 0 Å². The van der Waals surface area contributed by atoms with E-state index in [1.165, 1.54) is 12.8 Å². The van der Waals surface area contributed by atoms with Crippen LogP contribution in [0.15, 0.2) is 24.3 Å². The highest BCUT2D eigenvalue weighted by molar-refractivity contribution is 5.39. The molecule has 13 heavy (non-hydrogen) atoms. The molecule has 2 N–H and O–H groups in total. The minimum atomic E-state index is 0.795. The Hall–Kier alpha value is -0.820. The van der Waals surface area contributed by atoms with E-state index in [-0.39, 0.29) is 0 Å². The molecule has 0 spiro atoms. The summed E-state index contributed by atoms with van der Waals surface area (Å²) in [6.07, 6.45) is 2.64. The van der Waals surface area contributed by atoms with E-state index in [0.717, 1.165) is 24.3 Å². The summed E-state index contributed by atoms with van der Waals surface area (Å²) >= 11 is 0. The van der Waals surface area contributed by atoms with Crippen molar-refractivity contribution < 1.29 is 0 Å². The molecule has 3 unspecified atom stereocenters. The number of nitrogens with two attached hydrogens (primary N) is 1. The zero-order chi connectivity index (χ0) is 8.84. The van der Waals surface area contributed by atoms with Gasteiger partial charge in [0.15, 0.2) is 0 Å². The first-order valence-corrected chi connectivity index (χ1v) is 5.19. The minimum Gasteiger partial charge on any atom is -0.330 e. The maximum atomic E-state index is 5.75. The van der Waals surface area contributed by atoms with Gasteiger partial charge in [0.25, 0.3) is 0 Å². The summed E-state index contributed by atoms with van der Waals surface area (Å²) < 4.78 is 0. The van der Waals surface area contributed by atoms with Crippen LogP contribution in [0.25, 0.3) is 0 Å². The second-order valence-electron chi connectivity index (χ2n) is 4.33. The van der Waals surface area contributed by atoms with Crippen molar-refractivity contribution in [2.45, 2.75) is 18.8 Å². The first-order valence-electron chi connectivity index (χ1n) is 5.19. The van der Waals surface area contributed by atoms with Crippen LogP contribution in [-0.4, -0.2) is 6.54 Å². The average Bonchev–Trinajstić information content (AvgIpc) is 2.91. The minimum absolute atomic E-state index is 0.795. The second-order valence-corrected chi connectivity index (χ2v) is 4.33. The van der Waals surface area contributed by atoms with E-state index >= 15 is 0 Å². The van der Waals surface area contributed by atoms with Crippen molar-refractivity contribution in [3.63, 3.8) is 0 Å². The van der Waals surface area contributed by atoms with Crippen LogP contribution in [0, 0.1) is 11.8 Å². The molecule has 1 aromatic rings. The summed E-state index contributed by atoms with van der Waals surface area (Å²) in [5.41, 5.74) is 8.91. The van der Waals surface area contributed by atoms with Crippen molar-refractivity contribution in [1.29, 1.82) is 0 Å². The highest BCUT2D eigenvalue weighted by Gasteiger charge is 2.51. The van der Waals surface area contributed by atoms with Crippen LogP contribution in [0.4, 0.5) is 0 Å². The normalized spacial score (nSPS) is 35.0. The highest BCUT2D eigenvalue weighted by Crippen LogP contribution is 2.59. The SMILES string of the molecule is NCC1C2CCc3ccccc3C12. The fourth-order valence-electron chi connectivity index (χ4n) is 3.03. The van der Waals surface area contributed by atoms with Crippen molar-refractivity contribution >= 4 is 0 Å². The molecule has 0 heterocycles. The number of aryl methyl sites for hydroxylation is 1. The molecule has 1 fully saturated rings. The molecule has 1 aromatic carbocycles. The van der Waals surface area contributed by atoms with Gasteiger partial charge in [0.1, 0.15) is 0 Å². The fourth-order valence-corrected chi connectivity index (χ4v) is 3.03. The molecule has 0 bridgehead atoms. The molecule has 3 atom stereocenters. The van der Waals surface area contributed by atoms with Gasteiger partial charge in [-0.3, -0.25) is 0 Å². The Kier molecular flexibility index (Phi) is 1.50. The standard InChI is InChI=1S/C12H15N/c13-7-11-10-6-5-8-3-1-2-4-9(8)12(10)11/h1-4,10-12H,5-7,13H2. The van der Waals surface area contributed by atoms with Gasteiger partial charge in [0, 0.05) is 0 Å². The summed E-state index contributed by atoms with van der Waals surface area (Å²) in [4.78, 5) is 0. The first-order chi connectivity index (χ1) is 6.42. The molecule has 0 saturated heterocycles. The maximum Gasteiger partial charge on any atom is -0.00400 e. The van der Waals surface area contributed by atoms with E-state index in [2.05, 4.69) is 24.3 Å². The number of fused-ring (bicyclic) bond motifs is 3. The summed E-state index contributed by atoms with van der Waals surface area (Å²) in [7, 11) is 0. The van der Waals surface area contributed by atoms with Crippen molar-refractivity contribution in [1.82, 2.24) is 0 Å². The quantitative estimate of drug-likeness (QED) is 0.690. The van der Waals surface area contributed by atoms with Crippen LogP contribution in [0.1, 0.15) is 23.5 Å². The lowest BCUT2D eigenvalue weighted by Crippen LogP contribution is -2.02. The van der Waals surface area contributed by atoms with Crippen LogP contribution in [0.5, 0.6) is 0 Å². The zero-order valence-corrected chi connectivity index (χ0v) is 7.74. The second kappa shape index (κ2) is 2.58. The van der Waals surface area contributed by atoms with Crippen LogP contribution in [0.3, 0.4) is 0 Å². The summed E-state index contributed by atoms with van der Waals surface area (Å²) in [5.74, 6) is 2.53. The lowest BCUT2D eigenvalue weighted by molar-refractivity contribution is 0.634. The van der Waals surface area contributed by atoms with E-state index in [1.807, 2.05) is 0 Å². The van der Waals surface area contributed by atoms with Crippen molar-refractivity contribution in [3.8, 4) is 0 Å². The number of rotatable bonds is 1. The van der Waals surface area contributed by atoms with Gasteiger partial charge in [0.05, 0.1) is 0 Å². The lowest BCUT2D eigenvalue weighted by atomic mass is 9.92. The topological polar surface area (TPSA) is 26.0 Å². The van der Waals surface area contributed by atoms with Crippen LogP contribution in [-0.2, 0) is 6.42 Å². The van der Waals surface area contributed by atoms with Crippen molar-refractivity contribution in [2.75, 3.05) is 6.54 Å². The monoisotopic (exact) mass is 173 g/mol. The zero-order valence-electron chi connectivity index (χ0n) is 7.74. The summed E-state index contributed by atoms with van der Waals surface area (Å²) in [5, 5.41) is 0. The average molecular weight is 173 g/mol. The molecule has 0 amide bonds. The van der Waals surface area contributed by atoms with E-state index < -0.39 is 0 Å². The molecular formula is C12H15N. The first kappa shape index (κ1) is 7.57. The van der Waals surface area contributed by atoms with Gasteiger partial charge in [-0.05, 0) is 48.3 Å². The molecule has 2 aliphatic rings. The van der Waals surface area contributed by atoms with Gasteiger partial charge in [-0.15, -0.1) is 0 Å². The van der Waals surface area contributed by atoms with E-state index in [9.17, 15) is 0 Å². The summed E-state index contributed by atoms with van der Waals surface area (Å²) in [6, 6.07) is 8.88.